The molecule has 0 aliphatic heterocycles. The molecule has 0 atom stereocenters. The first kappa shape index (κ1) is 15.8. The number of nitrogens with zero attached hydrogens (tertiary/aromatic N) is 1. The van der Waals surface area contributed by atoms with Gasteiger partial charge in [-0.3, -0.25) is 10.1 Å². The van der Waals surface area contributed by atoms with Crippen molar-refractivity contribution in [3.63, 3.8) is 0 Å². The maximum Gasteiger partial charge on any atom is 0.269 e. The van der Waals surface area contributed by atoms with Crippen molar-refractivity contribution in [1.29, 1.82) is 0 Å². The maximum atomic E-state index is 10.7. The van der Waals surface area contributed by atoms with E-state index in [1.54, 1.807) is 12.1 Å². The van der Waals surface area contributed by atoms with Gasteiger partial charge in [0, 0.05) is 12.1 Å². The summed E-state index contributed by atoms with van der Waals surface area (Å²) in [5, 5.41) is 11.2. The van der Waals surface area contributed by atoms with Crippen molar-refractivity contribution >= 4 is 17.3 Å². The third-order valence-corrected chi connectivity index (χ3v) is 4.60. The zero-order valence-electron chi connectivity index (χ0n) is 12.7. The van der Waals surface area contributed by atoms with E-state index in [1.807, 2.05) is 12.1 Å². The summed E-state index contributed by atoms with van der Waals surface area (Å²) in [6.45, 7) is 0. The molecule has 0 amide bonds. The van der Waals surface area contributed by atoms with Crippen LogP contribution in [0.15, 0.2) is 42.5 Å². The molecule has 3 rings (SSSR count). The maximum absolute atomic E-state index is 10.7. The molecule has 2 aromatic rings. The minimum absolute atomic E-state index is 0.0380. The summed E-state index contributed by atoms with van der Waals surface area (Å²) in [6.07, 6.45) is 6.33. The van der Waals surface area contributed by atoms with Crippen LogP contribution in [-0.4, -0.2) is 4.92 Å². The average molecular weight is 332 g/mol. The number of ether oxygens (including phenoxy) is 1. The molecular formula is C18H18ClNO3. The topological polar surface area (TPSA) is 52.4 Å². The molecule has 0 spiro atoms. The van der Waals surface area contributed by atoms with Gasteiger partial charge in [0.15, 0.2) is 0 Å². The molecule has 1 aliphatic carbocycles. The highest BCUT2D eigenvalue weighted by Gasteiger charge is 2.17. The minimum atomic E-state index is -0.435. The standard InChI is InChI=1S/C18H18ClNO3/c19-17-12-14(13-4-2-1-3-5-13)6-11-18(17)23-16-9-7-15(8-10-16)20(21)22/h6-13H,1-5H2. The summed E-state index contributed by atoms with van der Waals surface area (Å²) >= 11 is 6.35. The summed E-state index contributed by atoms with van der Waals surface area (Å²) in [5.41, 5.74) is 1.31. The monoisotopic (exact) mass is 331 g/mol. The molecule has 1 fully saturated rings. The Balaban J connectivity index is 1.74. The van der Waals surface area contributed by atoms with E-state index < -0.39 is 4.92 Å². The molecule has 4 nitrogen and oxygen atoms in total. The lowest BCUT2D eigenvalue weighted by atomic mass is 9.84. The highest BCUT2D eigenvalue weighted by atomic mass is 35.5. The molecule has 23 heavy (non-hydrogen) atoms. The highest BCUT2D eigenvalue weighted by molar-refractivity contribution is 6.32. The molecule has 120 valence electrons. The van der Waals surface area contributed by atoms with Crippen molar-refractivity contribution in [3.8, 4) is 11.5 Å². The molecule has 1 saturated carbocycles. The van der Waals surface area contributed by atoms with Crippen molar-refractivity contribution in [2.75, 3.05) is 0 Å². The second-order valence-electron chi connectivity index (χ2n) is 5.88. The number of nitro benzene ring substituents is 1. The third kappa shape index (κ3) is 3.82. The lowest BCUT2D eigenvalue weighted by Gasteiger charge is -2.22. The van der Waals surface area contributed by atoms with Crippen LogP contribution in [0.5, 0.6) is 11.5 Å². The number of benzene rings is 2. The minimum Gasteiger partial charge on any atom is -0.456 e. The van der Waals surface area contributed by atoms with Crippen molar-refractivity contribution in [3.05, 3.63) is 63.2 Å². The first-order valence-corrected chi connectivity index (χ1v) is 8.23. The number of hydrogen-bond acceptors (Lipinski definition) is 3. The fourth-order valence-electron chi connectivity index (χ4n) is 3.05. The number of nitro groups is 1. The molecule has 0 aromatic heterocycles. The smallest absolute Gasteiger partial charge is 0.269 e. The van der Waals surface area contributed by atoms with E-state index in [4.69, 9.17) is 16.3 Å². The predicted molar refractivity (Wildman–Crippen MR) is 90.4 cm³/mol. The number of rotatable bonds is 4. The summed E-state index contributed by atoms with van der Waals surface area (Å²) in [5.74, 6) is 1.69. The Labute approximate surface area is 140 Å². The Morgan fingerprint density at radius 2 is 1.74 bits per heavy atom. The molecule has 0 radical (unpaired) electrons. The molecular weight excluding hydrogens is 314 g/mol. The van der Waals surface area contributed by atoms with Crippen LogP contribution >= 0.6 is 11.6 Å². The van der Waals surface area contributed by atoms with Crippen LogP contribution in [0.4, 0.5) is 5.69 Å². The van der Waals surface area contributed by atoms with Crippen LogP contribution in [0.3, 0.4) is 0 Å². The van der Waals surface area contributed by atoms with Crippen LogP contribution in [0.2, 0.25) is 5.02 Å². The quantitative estimate of drug-likeness (QED) is 0.503. The lowest BCUT2D eigenvalue weighted by molar-refractivity contribution is -0.384. The molecule has 0 saturated heterocycles. The Morgan fingerprint density at radius 1 is 1.04 bits per heavy atom. The molecule has 0 N–H and O–H groups in total. The molecule has 1 aliphatic rings. The van der Waals surface area contributed by atoms with Gasteiger partial charge in [-0.25, -0.2) is 0 Å². The van der Waals surface area contributed by atoms with Gasteiger partial charge < -0.3 is 4.74 Å². The van der Waals surface area contributed by atoms with Gasteiger partial charge in [-0.2, -0.15) is 0 Å². The normalized spacial score (nSPS) is 15.3. The van der Waals surface area contributed by atoms with E-state index in [-0.39, 0.29) is 5.69 Å². The van der Waals surface area contributed by atoms with E-state index in [0.29, 0.717) is 22.4 Å². The number of hydrogen-bond donors (Lipinski definition) is 0. The van der Waals surface area contributed by atoms with E-state index >= 15 is 0 Å². The van der Waals surface area contributed by atoms with Gasteiger partial charge in [-0.15, -0.1) is 0 Å². The lowest BCUT2D eigenvalue weighted by Crippen LogP contribution is -2.04. The van der Waals surface area contributed by atoms with Crippen LogP contribution in [0, 0.1) is 10.1 Å². The molecule has 5 heteroatoms. The highest BCUT2D eigenvalue weighted by Crippen LogP contribution is 2.37. The second kappa shape index (κ2) is 7.01. The predicted octanol–water partition coefficient (Wildman–Crippen LogP) is 6.09. The summed E-state index contributed by atoms with van der Waals surface area (Å²) in [7, 11) is 0. The van der Waals surface area contributed by atoms with Crippen molar-refractivity contribution in [2.45, 2.75) is 38.0 Å². The summed E-state index contributed by atoms with van der Waals surface area (Å²) < 4.78 is 5.73. The summed E-state index contributed by atoms with van der Waals surface area (Å²) in [4.78, 5) is 10.2. The Hall–Kier alpha value is -2.07. The van der Waals surface area contributed by atoms with Gasteiger partial charge >= 0.3 is 0 Å². The van der Waals surface area contributed by atoms with Crippen molar-refractivity contribution in [1.82, 2.24) is 0 Å². The SMILES string of the molecule is O=[N+]([O-])c1ccc(Oc2ccc(C3CCCCC3)cc2Cl)cc1. The third-order valence-electron chi connectivity index (χ3n) is 4.31. The zero-order valence-corrected chi connectivity index (χ0v) is 13.5. The van der Waals surface area contributed by atoms with Gasteiger partial charge in [0.1, 0.15) is 11.5 Å². The molecule has 0 unspecified atom stereocenters. The number of non-ortho nitro benzene ring substituents is 1. The van der Waals surface area contributed by atoms with Gasteiger partial charge in [0.2, 0.25) is 0 Å². The summed E-state index contributed by atoms with van der Waals surface area (Å²) in [6, 6.07) is 11.9. The van der Waals surface area contributed by atoms with E-state index in [9.17, 15) is 10.1 Å². The first-order valence-electron chi connectivity index (χ1n) is 7.85. The van der Waals surface area contributed by atoms with Gasteiger partial charge in [0.25, 0.3) is 5.69 Å². The van der Waals surface area contributed by atoms with E-state index in [2.05, 4.69) is 6.07 Å². The van der Waals surface area contributed by atoms with Gasteiger partial charge in [0.05, 0.1) is 9.95 Å². The van der Waals surface area contributed by atoms with Gasteiger partial charge in [-0.05, 0) is 48.6 Å². The Morgan fingerprint density at radius 3 is 2.35 bits per heavy atom. The molecule has 0 bridgehead atoms. The van der Waals surface area contributed by atoms with Crippen LogP contribution < -0.4 is 4.74 Å². The van der Waals surface area contributed by atoms with Crippen LogP contribution in [-0.2, 0) is 0 Å². The van der Waals surface area contributed by atoms with Crippen LogP contribution in [0.25, 0.3) is 0 Å². The second-order valence-corrected chi connectivity index (χ2v) is 6.29. The Bertz CT molecular complexity index is 694. The molecule has 0 heterocycles. The average Bonchev–Trinajstić information content (AvgIpc) is 2.58. The largest absolute Gasteiger partial charge is 0.456 e. The first-order chi connectivity index (χ1) is 11.1. The van der Waals surface area contributed by atoms with Crippen LogP contribution in [0.1, 0.15) is 43.6 Å². The van der Waals surface area contributed by atoms with Crippen molar-refractivity contribution in [2.24, 2.45) is 0 Å². The Kier molecular flexibility index (Phi) is 4.82. The fraction of sp³-hybridized carbons (Fsp3) is 0.333. The molecule has 2 aromatic carbocycles. The van der Waals surface area contributed by atoms with E-state index in [1.165, 1.54) is 49.8 Å². The van der Waals surface area contributed by atoms with E-state index in [0.717, 1.165) is 0 Å². The van der Waals surface area contributed by atoms with Gasteiger partial charge in [-0.1, -0.05) is 36.9 Å². The van der Waals surface area contributed by atoms with Crippen molar-refractivity contribution < 1.29 is 9.66 Å². The number of halogens is 1. The fourth-order valence-corrected chi connectivity index (χ4v) is 3.28. The zero-order chi connectivity index (χ0) is 16.2.